The number of fused-ring (bicyclic) bond motifs is 1. The van der Waals surface area contributed by atoms with Gasteiger partial charge in [0.25, 0.3) is 17.5 Å². The highest BCUT2D eigenvalue weighted by Crippen LogP contribution is 2.34. The molecule has 0 N–H and O–H groups in total. The van der Waals surface area contributed by atoms with Crippen LogP contribution in [0.1, 0.15) is 46.4 Å². The Labute approximate surface area is 149 Å². The topological polar surface area (TPSA) is 89.7 Å². The molecule has 26 heavy (non-hydrogen) atoms. The predicted octanol–water partition coefficient (Wildman–Crippen LogP) is 3.93. The van der Waals surface area contributed by atoms with Crippen LogP contribution in [-0.4, -0.2) is 27.7 Å². The van der Waals surface area contributed by atoms with Crippen LogP contribution in [0.2, 0.25) is 0 Å². The van der Waals surface area contributed by atoms with Gasteiger partial charge in [0.2, 0.25) is 0 Å². The van der Waals surface area contributed by atoms with Crippen molar-refractivity contribution >= 4 is 17.5 Å². The molecule has 7 heteroatoms. The zero-order chi connectivity index (χ0) is 18.3. The summed E-state index contributed by atoms with van der Waals surface area (Å²) in [7, 11) is 0. The fourth-order valence-electron chi connectivity index (χ4n) is 3.57. The molecule has 1 aliphatic heterocycles. The Bertz CT molecular complexity index is 901. The first kappa shape index (κ1) is 16.3. The minimum absolute atomic E-state index is 0.0126. The standard InChI is InChI=1S/C19H16N2O5/c22-18-16-10-9-15(26-14-7-5-13(6-8-14)21(24)25)11-17(16)19(23)20(18)12-3-1-2-4-12/h5-12H,1-4H2. The third-order valence-electron chi connectivity index (χ3n) is 4.86. The Balaban J connectivity index is 1.57. The van der Waals surface area contributed by atoms with Gasteiger partial charge in [-0.3, -0.25) is 24.6 Å². The molecule has 4 rings (SSSR count). The Morgan fingerprint density at radius 1 is 0.923 bits per heavy atom. The number of amides is 2. The zero-order valence-corrected chi connectivity index (χ0v) is 13.9. The highest BCUT2D eigenvalue weighted by molar-refractivity contribution is 6.21. The lowest BCUT2D eigenvalue weighted by atomic mass is 10.1. The average Bonchev–Trinajstić information content (AvgIpc) is 3.23. The number of nitro benzene ring substituents is 1. The summed E-state index contributed by atoms with van der Waals surface area (Å²) in [5, 5.41) is 10.7. The second-order valence-electron chi connectivity index (χ2n) is 6.48. The molecule has 132 valence electrons. The number of rotatable bonds is 4. The van der Waals surface area contributed by atoms with E-state index in [1.54, 1.807) is 18.2 Å². The van der Waals surface area contributed by atoms with E-state index >= 15 is 0 Å². The van der Waals surface area contributed by atoms with E-state index in [1.165, 1.54) is 29.2 Å². The third kappa shape index (κ3) is 2.71. The largest absolute Gasteiger partial charge is 0.457 e. The SMILES string of the molecule is O=C1c2ccc(Oc3ccc([N+](=O)[O-])cc3)cc2C(=O)N1C1CCCC1. The Morgan fingerprint density at radius 3 is 2.19 bits per heavy atom. The molecule has 2 aromatic carbocycles. The van der Waals surface area contributed by atoms with E-state index in [4.69, 9.17) is 4.74 Å². The molecule has 7 nitrogen and oxygen atoms in total. The normalized spacial score (nSPS) is 16.8. The molecule has 0 atom stereocenters. The molecule has 0 saturated heterocycles. The van der Waals surface area contributed by atoms with E-state index in [-0.39, 0.29) is 23.5 Å². The van der Waals surface area contributed by atoms with Gasteiger partial charge in [-0.05, 0) is 43.2 Å². The number of non-ortho nitro benzene ring substituents is 1. The summed E-state index contributed by atoms with van der Waals surface area (Å²) in [6, 6.07) is 10.5. The number of hydrogen-bond donors (Lipinski definition) is 0. The van der Waals surface area contributed by atoms with Gasteiger partial charge in [-0.15, -0.1) is 0 Å². The van der Waals surface area contributed by atoms with Crippen LogP contribution in [0.3, 0.4) is 0 Å². The molecule has 1 fully saturated rings. The quantitative estimate of drug-likeness (QED) is 0.472. The van der Waals surface area contributed by atoms with Gasteiger partial charge < -0.3 is 4.74 Å². The molecule has 0 spiro atoms. The van der Waals surface area contributed by atoms with Gasteiger partial charge in [0.1, 0.15) is 11.5 Å². The van der Waals surface area contributed by atoms with E-state index < -0.39 is 4.92 Å². The van der Waals surface area contributed by atoms with Gasteiger partial charge in [-0.1, -0.05) is 12.8 Å². The summed E-state index contributed by atoms with van der Waals surface area (Å²) < 4.78 is 5.68. The highest BCUT2D eigenvalue weighted by atomic mass is 16.6. The van der Waals surface area contributed by atoms with Crippen molar-refractivity contribution in [3.8, 4) is 11.5 Å². The van der Waals surface area contributed by atoms with Crippen LogP contribution in [0.4, 0.5) is 5.69 Å². The van der Waals surface area contributed by atoms with Gasteiger partial charge in [0.15, 0.2) is 0 Å². The maximum atomic E-state index is 12.7. The van der Waals surface area contributed by atoms with Gasteiger partial charge in [-0.25, -0.2) is 0 Å². The monoisotopic (exact) mass is 352 g/mol. The zero-order valence-electron chi connectivity index (χ0n) is 13.9. The van der Waals surface area contributed by atoms with Crippen molar-refractivity contribution in [1.82, 2.24) is 4.90 Å². The molecule has 1 aliphatic carbocycles. The number of ether oxygens (including phenoxy) is 1. The van der Waals surface area contributed by atoms with Crippen molar-refractivity contribution in [2.75, 3.05) is 0 Å². The smallest absolute Gasteiger partial charge is 0.269 e. The molecule has 2 aliphatic rings. The number of carbonyl (C=O) groups is 2. The summed E-state index contributed by atoms with van der Waals surface area (Å²) in [4.78, 5) is 36.9. The second kappa shape index (κ2) is 6.25. The molecule has 0 radical (unpaired) electrons. The lowest BCUT2D eigenvalue weighted by molar-refractivity contribution is -0.384. The van der Waals surface area contributed by atoms with E-state index in [2.05, 4.69) is 0 Å². The number of hydrogen-bond acceptors (Lipinski definition) is 5. The van der Waals surface area contributed by atoms with Crippen LogP contribution in [0.5, 0.6) is 11.5 Å². The summed E-state index contributed by atoms with van der Waals surface area (Å²) in [6.45, 7) is 0. The fraction of sp³-hybridized carbons (Fsp3) is 0.263. The summed E-state index contributed by atoms with van der Waals surface area (Å²) in [6.07, 6.45) is 3.79. The van der Waals surface area contributed by atoms with Crippen molar-refractivity contribution in [2.45, 2.75) is 31.7 Å². The van der Waals surface area contributed by atoms with Crippen LogP contribution < -0.4 is 4.74 Å². The molecule has 2 aromatic rings. The fourth-order valence-corrected chi connectivity index (χ4v) is 3.57. The molecule has 1 saturated carbocycles. The first-order valence-corrected chi connectivity index (χ1v) is 8.49. The number of nitro groups is 1. The number of carbonyl (C=O) groups excluding carboxylic acids is 2. The summed E-state index contributed by atoms with van der Waals surface area (Å²) in [5.41, 5.74) is 0.721. The molecule has 2 amide bonds. The van der Waals surface area contributed by atoms with Gasteiger partial charge in [0, 0.05) is 18.2 Å². The lowest BCUT2D eigenvalue weighted by Gasteiger charge is -2.21. The van der Waals surface area contributed by atoms with Crippen LogP contribution in [0.25, 0.3) is 0 Å². The molecule has 1 heterocycles. The summed E-state index contributed by atoms with van der Waals surface area (Å²) in [5.74, 6) is 0.317. The van der Waals surface area contributed by atoms with Crippen molar-refractivity contribution < 1.29 is 19.2 Å². The van der Waals surface area contributed by atoms with E-state index in [0.717, 1.165) is 25.7 Å². The second-order valence-corrected chi connectivity index (χ2v) is 6.48. The Morgan fingerprint density at radius 2 is 1.54 bits per heavy atom. The van der Waals surface area contributed by atoms with Crippen molar-refractivity contribution in [1.29, 1.82) is 0 Å². The molecule has 0 unspecified atom stereocenters. The first-order chi connectivity index (χ1) is 12.5. The average molecular weight is 352 g/mol. The summed E-state index contributed by atoms with van der Waals surface area (Å²) >= 11 is 0. The first-order valence-electron chi connectivity index (χ1n) is 8.49. The highest BCUT2D eigenvalue weighted by Gasteiger charge is 2.40. The van der Waals surface area contributed by atoms with Crippen molar-refractivity contribution in [3.63, 3.8) is 0 Å². The van der Waals surface area contributed by atoms with Crippen LogP contribution in [0, 0.1) is 10.1 Å². The molecule has 0 bridgehead atoms. The molecular weight excluding hydrogens is 336 g/mol. The van der Waals surface area contributed by atoms with Gasteiger partial charge in [-0.2, -0.15) is 0 Å². The molecule has 0 aromatic heterocycles. The maximum absolute atomic E-state index is 12.7. The van der Waals surface area contributed by atoms with Crippen LogP contribution in [0.15, 0.2) is 42.5 Å². The Hall–Kier alpha value is -3.22. The third-order valence-corrected chi connectivity index (χ3v) is 4.86. The number of benzene rings is 2. The minimum Gasteiger partial charge on any atom is -0.457 e. The molecular formula is C19H16N2O5. The van der Waals surface area contributed by atoms with Gasteiger partial charge >= 0.3 is 0 Å². The number of nitrogens with zero attached hydrogens (tertiary/aromatic N) is 2. The minimum atomic E-state index is -0.485. The van der Waals surface area contributed by atoms with Crippen molar-refractivity contribution in [2.24, 2.45) is 0 Å². The van der Waals surface area contributed by atoms with Crippen LogP contribution >= 0.6 is 0 Å². The van der Waals surface area contributed by atoms with Crippen molar-refractivity contribution in [3.05, 3.63) is 63.7 Å². The number of imide groups is 1. The van der Waals surface area contributed by atoms with Crippen LogP contribution in [-0.2, 0) is 0 Å². The van der Waals surface area contributed by atoms with E-state index in [1.807, 2.05) is 0 Å². The predicted molar refractivity (Wildman–Crippen MR) is 92.4 cm³/mol. The Kier molecular flexibility index (Phi) is 3.91. The van der Waals surface area contributed by atoms with E-state index in [0.29, 0.717) is 22.6 Å². The van der Waals surface area contributed by atoms with Gasteiger partial charge in [0.05, 0.1) is 16.1 Å². The lowest BCUT2D eigenvalue weighted by Crippen LogP contribution is -2.38. The maximum Gasteiger partial charge on any atom is 0.269 e. The van der Waals surface area contributed by atoms with E-state index in [9.17, 15) is 19.7 Å².